The van der Waals surface area contributed by atoms with Crippen molar-refractivity contribution in [3.8, 4) is 5.88 Å². The van der Waals surface area contributed by atoms with Gasteiger partial charge in [-0.2, -0.15) is 0 Å². The smallest absolute Gasteiger partial charge is 0.221 e. The van der Waals surface area contributed by atoms with Gasteiger partial charge in [-0.3, -0.25) is 0 Å². The molecular formula is C12H21N3O2. The van der Waals surface area contributed by atoms with Gasteiger partial charge in [0, 0.05) is 18.3 Å². The van der Waals surface area contributed by atoms with Crippen molar-refractivity contribution in [3.63, 3.8) is 0 Å². The van der Waals surface area contributed by atoms with Gasteiger partial charge in [0.15, 0.2) is 0 Å². The maximum Gasteiger partial charge on any atom is 0.221 e. The molecule has 0 spiro atoms. The monoisotopic (exact) mass is 239 g/mol. The maximum absolute atomic E-state index is 5.57. The summed E-state index contributed by atoms with van der Waals surface area (Å²) in [4.78, 5) is 8.11. The minimum Gasteiger partial charge on any atom is -0.475 e. The maximum atomic E-state index is 5.57. The number of hydrogen-bond acceptors (Lipinski definition) is 5. The molecule has 0 aromatic carbocycles. The molecule has 5 nitrogen and oxygen atoms in total. The molecule has 1 heterocycles. The van der Waals surface area contributed by atoms with Gasteiger partial charge in [0.2, 0.25) is 5.88 Å². The Kier molecular flexibility index (Phi) is 6.50. The first kappa shape index (κ1) is 13.9. The van der Waals surface area contributed by atoms with E-state index >= 15 is 0 Å². The van der Waals surface area contributed by atoms with Gasteiger partial charge in [-0.05, 0) is 20.4 Å². The highest BCUT2D eigenvalue weighted by Crippen LogP contribution is 2.12. The third-order valence-electron chi connectivity index (χ3n) is 2.09. The molecule has 0 radical (unpaired) electrons. The normalized spacial score (nSPS) is 10.8. The topological polar surface area (TPSA) is 56.3 Å². The van der Waals surface area contributed by atoms with E-state index in [-0.39, 0.29) is 6.10 Å². The molecule has 0 fully saturated rings. The van der Waals surface area contributed by atoms with Crippen LogP contribution in [0.4, 0.5) is 0 Å². The lowest BCUT2D eigenvalue weighted by atomic mass is 10.3. The van der Waals surface area contributed by atoms with E-state index in [9.17, 15) is 0 Å². The third kappa shape index (κ3) is 5.60. The summed E-state index contributed by atoms with van der Waals surface area (Å²) in [6, 6.07) is 0. The molecule has 1 aromatic rings. The van der Waals surface area contributed by atoms with E-state index in [1.54, 1.807) is 6.20 Å². The molecule has 17 heavy (non-hydrogen) atoms. The predicted octanol–water partition coefficient (Wildman–Crippen LogP) is 1.39. The zero-order valence-electron chi connectivity index (χ0n) is 10.8. The van der Waals surface area contributed by atoms with Crippen LogP contribution in [0.2, 0.25) is 0 Å². The molecular weight excluding hydrogens is 218 g/mol. The summed E-state index contributed by atoms with van der Waals surface area (Å²) in [7, 11) is 0. The lowest BCUT2D eigenvalue weighted by Gasteiger charge is -2.11. The Morgan fingerprint density at radius 1 is 1.35 bits per heavy atom. The van der Waals surface area contributed by atoms with E-state index in [1.807, 2.05) is 13.8 Å². The molecule has 1 N–H and O–H groups in total. The van der Waals surface area contributed by atoms with Gasteiger partial charge in [-0.15, -0.1) is 0 Å². The van der Waals surface area contributed by atoms with Gasteiger partial charge >= 0.3 is 0 Å². The number of aromatic nitrogens is 2. The molecule has 1 aromatic heterocycles. The Morgan fingerprint density at radius 3 is 2.88 bits per heavy atom. The van der Waals surface area contributed by atoms with Crippen molar-refractivity contribution >= 4 is 0 Å². The molecule has 0 saturated heterocycles. The number of nitrogens with one attached hydrogen (secondary N) is 1. The van der Waals surface area contributed by atoms with Crippen LogP contribution in [0.5, 0.6) is 5.88 Å². The molecule has 5 heteroatoms. The highest BCUT2D eigenvalue weighted by atomic mass is 16.5. The number of nitrogens with zero attached hydrogens (tertiary/aromatic N) is 2. The fourth-order valence-electron chi connectivity index (χ4n) is 1.28. The molecule has 0 saturated carbocycles. The molecule has 0 aliphatic rings. The second-order valence-electron chi connectivity index (χ2n) is 3.90. The number of hydrogen-bond donors (Lipinski definition) is 1. The fraction of sp³-hybridized carbons (Fsp3) is 0.667. The first-order chi connectivity index (χ1) is 8.24. The molecule has 0 unspecified atom stereocenters. The van der Waals surface area contributed by atoms with Crippen molar-refractivity contribution in [2.45, 2.75) is 33.4 Å². The van der Waals surface area contributed by atoms with Crippen molar-refractivity contribution in [2.24, 2.45) is 0 Å². The van der Waals surface area contributed by atoms with Crippen LogP contribution in [0.1, 0.15) is 26.3 Å². The molecule has 0 bridgehead atoms. The zero-order chi connectivity index (χ0) is 12.5. The van der Waals surface area contributed by atoms with Crippen molar-refractivity contribution in [1.29, 1.82) is 0 Å². The summed E-state index contributed by atoms with van der Waals surface area (Å²) < 4.78 is 11.0. The highest BCUT2D eigenvalue weighted by Gasteiger charge is 2.04. The Morgan fingerprint density at radius 2 is 2.18 bits per heavy atom. The molecule has 1 rings (SSSR count). The van der Waals surface area contributed by atoms with Crippen LogP contribution in [0, 0.1) is 0 Å². The average Bonchev–Trinajstić information content (AvgIpc) is 2.33. The van der Waals surface area contributed by atoms with E-state index in [2.05, 4.69) is 22.2 Å². The predicted molar refractivity (Wildman–Crippen MR) is 66.0 cm³/mol. The first-order valence-electron chi connectivity index (χ1n) is 5.98. The summed E-state index contributed by atoms with van der Waals surface area (Å²) in [6.07, 6.45) is 3.49. The van der Waals surface area contributed by atoms with Gasteiger partial charge in [-0.25, -0.2) is 9.97 Å². The standard InChI is InChI=1S/C12H21N3O2/c1-4-13-7-11-8-14-9-15-12(11)17-6-5-16-10(2)3/h8-10,13H,4-7H2,1-3H3. The molecule has 96 valence electrons. The minimum absolute atomic E-state index is 0.227. The Labute approximate surface area is 103 Å². The molecule has 0 aliphatic heterocycles. The lowest BCUT2D eigenvalue weighted by Crippen LogP contribution is -2.16. The SMILES string of the molecule is CCNCc1cncnc1OCCOC(C)C. The van der Waals surface area contributed by atoms with E-state index in [0.29, 0.717) is 19.1 Å². The molecule has 0 aliphatic carbocycles. The Balaban J connectivity index is 2.40. The summed E-state index contributed by atoms with van der Waals surface area (Å²) in [5.74, 6) is 0.633. The molecule has 0 amide bonds. The Bertz CT molecular complexity index is 318. The van der Waals surface area contributed by atoms with Gasteiger partial charge in [0.1, 0.15) is 12.9 Å². The van der Waals surface area contributed by atoms with Gasteiger partial charge in [0.05, 0.1) is 12.7 Å². The lowest BCUT2D eigenvalue weighted by molar-refractivity contribution is 0.0539. The summed E-state index contributed by atoms with van der Waals surface area (Å²) in [5.41, 5.74) is 0.971. The van der Waals surface area contributed by atoms with Crippen LogP contribution in [-0.4, -0.2) is 35.8 Å². The Hall–Kier alpha value is -1.20. The van der Waals surface area contributed by atoms with Gasteiger partial charge in [0.25, 0.3) is 0 Å². The zero-order valence-corrected chi connectivity index (χ0v) is 10.8. The van der Waals surface area contributed by atoms with Crippen LogP contribution in [0.25, 0.3) is 0 Å². The van der Waals surface area contributed by atoms with Crippen LogP contribution < -0.4 is 10.1 Å². The van der Waals surface area contributed by atoms with E-state index < -0.39 is 0 Å². The highest BCUT2D eigenvalue weighted by molar-refractivity contribution is 5.21. The van der Waals surface area contributed by atoms with Crippen molar-refractivity contribution in [3.05, 3.63) is 18.1 Å². The number of rotatable bonds is 8. The van der Waals surface area contributed by atoms with E-state index in [4.69, 9.17) is 9.47 Å². The van der Waals surface area contributed by atoms with Gasteiger partial charge < -0.3 is 14.8 Å². The van der Waals surface area contributed by atoms with Gasteiger partial charge in [-0.1, -0.05) is 6.92 Å². The molecule has 0 atom stereocenters. The summed E-state index contributed by atoms with van der Waals surface area (Å²) in [6.45, 7) is 8.77. The minimum atomic E-state index is 0.227. The summed E-state index contributed by atoms with van der Waals surface area (Å²) in [5, 5.41) is 3.22. The quantitative estimate of drug-likeness (QED) is 0.695. The van der Waals surface area contributed by atoms with Crippen LogP contribution in [-0.2, 0) is 11.3 Å². The third-order valence-corrected chi connectivity index (χ3v) is 2.09. The second kappa shape index (κ2) is 7.97. The van der Waals surface area contributed by atoms with Crippen molar-refractivity contribution in [2.75, 3.05) is 19.8 Å². The van der Waals surface area contributed by atoms with Crippen molar-refractivity contribution < 1.29 is 9.47 Å². The van der Waals surface area contributed by atoms with Crippen LogP contribution in [0.15, 0.2) is 12.5 Å². The summed E-state index contributed by atoms with van der Waals surface area (Å²) >= 11 is 0. The average molecular weight is 239 g/mol. The second-order valence-corrected chi connectivity index (χ2v) is 3.90. The fourth-order valence-corrected chi connectivity index (χ4v) is 1.28. The number of ether oxygens (including phenoxy) is 2. The van der Waals surface area contributed by atoms with E-state index in [0.717, 1.165) is 18.7 Å². The first-order valence-corrected chi connectivity index (χ1v) is 5.98. The van der Waals surface area contributed by atoms with Crippen molar-refractivity contribution in [1.82, 2.24) is 15.3 Å². The van der Waals surface area contributed by atoms with E-state index in [1.165, 1.54) is 6.33 Å². The van der Waals surface area contributed by atoms with Crippen LogP contribution >= 0.6 is 0 Å². The van der Waals surface area contributed by atoms with Crippen LogP contribution in [0.3, 0.4) is 0 Å². The largest absolute Gasteiger partial charge is 0.475 e.